The van der Waals surface area contributed by atoms with Crippen molar-refractivity contribution >= 4 is 7.82 Å². The van der Waals surface area contributed by atoms with Crippen molar-refractivity contribution in [2.75, 3.05) is 6.61 Å². The molecular weight excluding hydrogens is 409 g/mol. The third-order valence-corrected chi connectivity index (χ3v) is 6.01. The third-order valence-electron chi connectivity index (χ3n) is 4.62. The van der Waals surface area contributed by atoms with E-state index in [1.807, 2.05) is 19.9 Å². The second-order valence-electron chi connectivity index (χ2n) is 7.14. The normalized spacial score (nSPS) is 30.7. The second-order valence-corrected chi connectivity index (χ2v) is 8.69. The number of alkyl halides is 2. The number of hydrogen-bond donors (Lipinski definition) is 0. The average molecular weight is 428 g/mol. The van der Waals surface area contributed by atoms with Gasteiger partial charge in [0.15, 0.2) is 6.10 Å². The molecule has 1 aromatic carbocycles. The molecule has 2 fully saturated rings. The first-order valence-electron chi connectivity index (χ1n) is 8.87. The van der Waals surface area contributed by atoms with Gasteiger partial charge >= 0.3 is 19.4 Å². The number of benzene rings is 1. The van der Waals surface area contributed by atoms with E-state index < -0.39 is 44.5 Å². The summed E-state index contributed by atoms with van der Waals surface area (Å²) in [5.41, 5.74) is 1.17. The van der Waals surface area contributed by atoms with E-state index in [1.54, 1.807) is 19.1 Å². The number of hydrogen-bond acceptors (Lipinski definition) is 7. The fourth-order valence-electron chi connectivity index (χ4n) is 3.40. The van der Waals surface area contributed by atoms with Crippen molar-refractivity contribution in [2.45, 2.75) is 45.1 Å². The topological polar surface area (TPSA) is 88.9 Å². The third kappa shape index (κ3) is 3.73. The van der Waals surface area contributed by atoms with Gasteiger partial charge in [0.05, 0.1) is 6.61 Å². The minimum Gasteiger partial charge on any atom is -0.404 e. The zero-order valence-corrected chi connectivity index (χ0v) is 16.8. The van der Waals surface area contributed by atoms with Crippen LogP contribution in [0.15, 0.2) is 35.3 Å². The lowest BCUT2D eigenvalue weighted by Crippen LogP contribution is -2.45. The zero-order valence-electron chi connectivity index (χ0n) is 15.9. The molecular formula is C18H19F2N2O6P. The van der Waals surface area contributed by atoms with Crippen molar-refractivity contribution in [3.8, 4) is 5.75 Å². The van der Waals surface area contributed by atoms with Crippen LogP contribution in [0.1, 0.15) is 23.0 Å². The maximum absolute atomic E-state index is 15.1. The van der Waals surface area contributed by atoms with E-state index in [0.29, 0.717) is 10.3 Å². The molecule has 2 aliphatic heterocycles. The van der Waals surface area contributed by atoms with Crippen LogP contribution in [0.3, 0.4) is 0 Å². The van der Waals surface area contributed by atoms with Crippen molar-refractivity contribution in [1.29, 1.82) is 0 Å². The van der Waals surface area contributed by atoms with Gasteiger partial charge in [0.25, 0.3) is 0 Å². The lowest BCUT2D eigenvalue weighted by atomic mass is 10.1. The number of phosphoric acid groups is 1. The molecule has 0 spiro atoms. The molecule has 0 radical (unpaired) electrons. The first kappa shape index (κ1) is 20.2. The van der Waals surface area contributed by atoms with Crippen molar-refractivity contribution in [3.63, 3.8) is 0 Å². The molecule has 0 N–H and O–H groups in total. The van der Waals surface area contributed by atoms with E-state index >= 15 is 8.78 Å². The number of halogens is 2. The van der Waals surface area contributed by atoms with E-state index in [1.165, 1.54) is 12.3 Å². The number of rotatable bonds is 3. The summed E-state index contributed by atoms with van der Waals surface area (Å²) in [6.45, 7) is 4.75. The van der Waals surface area contributed by atoms with Crippen molar-refractivity contribution in [2.24, 2.45) is 0 Å². The van der Waals surface area contributed by atoms with Gasteiger partial charge in [0.2, 0.25) is 6.23 Å². The van der Waals surface area contributed by atoms with Crippen LogP contribution in [0.4, 0.5) is 8.78 Å². The van der Waals surface area contributed by atoms with Crippen molar-refractivity contribution in [3.05, 3.63) is 57.8 Å². The molecule has 1 unspecified atom stereocenters. The van der Waals surface area contributed by atoms with Gasteiger partial charge in [-0.3, -0.25) is 13.6 Å². The number of phosphoric ester groups is 1. The van der Waals surface area contributed by atoms with Crippen LogP contribution in [0.5, 0.6) is 5.75 Å². The maximum atomic E-state index is 15.1. The molecule has 3 heterocycles. The van der Waals surface area contributed by atoms with Crippen molar-refractivity contribution < 1.29 is 31.7 Å². The molecule has 0 saturated carbocycles. The molecule has 2 aliphatic rings. The quantitative estimate of drug-likeness (QED) is 0.693. The van der Waals surface area contributed by atoms with Crippen LogP contribution < -0.4 is 10.2 Å². The van der Waals surface area contributed by atoms with Crippen LogP contribution in [0, 0.1) is 20.8 Å². The minimum absolute atomic E-state index is 0.182. The first-order valence-corrected chi connectivity index (χ1v) is 10.3. The van der Waals surface area contributed by atoms with E-state index in [0.717, 1.165) is 11.1 Å². The van der Waals surface area contributed by atoms with Crippen LogP contribution in [-0.4, -0.2) is 34.3 Å². The highest BCUT2D eigenvalue weighted by Gasteiger charge is 2.65. The van der Waals surface area contributed by atoms with Crippen LogP contribution in [0.25, 0.3) is 0 Å². The van der Waals surface area contributed by atoms with Gasteiger partial charge in [-0.25, -0.2) is 9.36 Å². The Labute approximate surface area is 165 Å². The highest BCUT2D eigenvalue weighted by Crippen LogP contribution is 2.59. The van der Waals surface area contributed by atoms with Crippen LogP contribution in [-0.2, 0) is 18.3 Å². The van der Waals surface area contributed by atoms with Crippen LogP contribution in [0.2, 0.25) is 0 Å². The second kappa shape index (κ2) is 6.98. The molecule has 1 aromatic heterocycles. The molecule has 2 saturated heterocycles. The van der Waals surface area contributed by atoms with E-state index in [4.69, 9.17) is 18.3 Å². The molecule has 2 aromatic rings. The lowest BCUT2D eigenvalue weighted by Gasteiger charge is -2.31. The number of aryl methyl sites for hydroxylation is 3. The van der Waals surface area contributed by atoms with Gasteiger partial charge in [-0.2, -0.15) is 13.8 Å². The van der Waals surface area contributed by atoms with Gasteiger partial charge in [-0.1, -0.05) is 6.07 Å². The van der Waals surface area contributed by atoms with E-state index in [9.17, 15) is 9.36 Å². The fourth-order valence-corrected chi connectivity index (χ4v) is 4.81. The highest BCUT2D eigenvalue weighted by molar-refractivity contribution is 7.49. The molecule has 29 heavy (non-hydrogen) atoms. The summed E-state index contributed by atoms with van der Waals surface area (Å²) >= 11 is 0. The van der Waals surface area contributed by atoms with Gasteiger partial charge in [-0.15, -0.1) is 0 Å². The number of ether oxygens (including phenoxy) is 1. The molecule has 0 aliphatic carbocycles. The summed E-state index contributed by atoms with van der Waals surface area (Å²) in [5.74, 6) is -3.49. The van der Waals surface area contributed by atoms with Gasteiger partial charge in [-0.05, 0) is 50.1 Å². The predicted octanol–water partition coefficient (Wildman–Crippen LogP) is 3.30. The summed E-state index contributed by atoms with van der Waals surface area (Å²) in [4.78, 5) is 15.7. The Bertz CT molecular complexity index is 1040. The Kier molecular flexibility index (Phi) is 4.85. The number of fused-ring (bicyclic) bond motifs is 1. The summed E-state index contributed by atoms with van der Waals surface area (Å²) in [6, 6.07) is 6.47. The predicted molar refractivity (Wildman–Crippen MR) is 97.1 cm³/mol. The van der Waals surface area contributed by atoms with Gasteiger partial charge in [0, 0.05) is 11.9 Å². The van der Waals surface area contributed by atoms with Crippen LogP contribution >= 0.6 is 7.82 Å². The first-order chi connectivity index (χ1) is 13.6. The number of aromatic nitrogens is 2. The lowest BCUT2D eigenvalue weighted by molar-refractivity contribution is -0.137. The average Bonchev–Trinajstić information content (AvgIpc) is 2.84. The Morgan fingerprint density at radius 2 is 1.93 bits per heavy atom. The summed E-state index contributed by atoms with van der Waals surface area (Å²) in [6.07, 6.45) is -3.93. The van der Waals surface area contributed by atoms with Crippen molar-refractivity contribution in [1.82, 2.24) is 9.55 Å². The molecule has 8 nitrogen and oxygen atoms in total. The maximum Gasteiger partial charge on any atom is 0.530 e. The summed E-state index contributed by atoms with van der Waals surface area (Å²) < 4.78 is 64.6. The molecule has 11 heteroatoms. The molecule has 0 bridgehead atoms. The van der Waals surface area contributed by atoms with Gasteiger partial charge in [0.1, 0.15) is 11.9 Å². The standard InChI is InChI=1S/C18H19F2N2O6P/c1-10-6-11(2)8-13(7-10)27-29(24)25-9-14-15(28-29)18(19,20)16(26-14)22-5-4-12(3)21-17(22)23/h4-8,14-16H,9H2,1-3H3/t14-,15-,16-,29?/m1/s1. The zero-order chi connectivity index (χ0) is 21.0. The molecule has 0 amide bonds. The summed E-state index contributed by atoms with van der Waals surface area (Å²) in [7, 11) is -4.33. The highest BCUT2D eigenvalue weighted by atomic mass is 31.2. The minimum atomic E-state index is -4.33. The number of nitrogens with zero attached hydrogens (tertiary/aromatic N) is 2. The molecule has 156 valence electrons. The molecule has 4 rings (SSSR count). The SMILES string of the molecule is Cc1cc(C)cc(OP2(=O)OC[C@H]3O[C@@H](n4ccc(C)nc4=O)C(F)(F)[C@@H]3O2)c1. The van der Waals surface area contributed by atoms with E-state index in [2.05, 4.69) is 4.98 Å². The summed E-state index contributed by atoms with van der Waals surface area (Å²) in [5, 5.41) is 0. The fraction of sp³-hybridized carbons (Fsp3) is 0.444. The van der Waals surface area contributed by atoms with E-state index in [-0.39, 0.29) is 5.75 Å². The Hall–Kier alpha value is -2.13. The Morgan fingerprint density at radius 1 is 1.24 bits per heavy atom. The smallest absolute Gasteiger partial charge is 0.404 e. The monoisotopic (exact) mass is 428 g/mol. The van der Waals surface area contributed by atoms with Gasteiger partial charge < -0.3 is 9.26 Å². The largest absolute Gasteiger partial charge is 0.530 e. The molecule has 4 atom stereocenters. The Balaban J connectivity index is 1.60. The Morgan fingerprint density at radius 3 is 2.59 bits per heavy atom.